The van der Waals surface area contributed by atoms with Gasteiger partial charge in [0.05, 0.1) is 0 Å². The maximum absolute atomic E-state index is 11.5. The maximum atomic E-state index is 11.5. The molecule has 100 valence electrons. The first kappa shape index (κ1) is 14.1. The van der Waals surface area contributed by atoms with Crippen LogP contribution in [0.3, 0.4) is 0 Å². The van der Waals surface area contributed by atoms with Gasteiger partial charge < -0.3 is 5.32 Å². The number of nitrogens with one attached hydrogen (secondary N) is 3. The van der Waals surface area contributed by atoms with E-state index in [4.69, 9.17) is 0 Å². The first-order valence-corrected chi connectivity index (χ1v) is 5.83. The maximum Gasteiger partial charge on any atom is 0.226 e. The molecule has 0 fully saturated rings. The van der Waals surface area contributed by atoms with Gasteiger partial charge in [-0.1, -0.05) is 20.8 Å². The zero-order chi connectivity index (χ0) is 13.6. The van der Waals surface area contributed by atoms with E-state index in [-0.39, 0.29) is 11.8 Å². The zero-order valence-corrected chi connectivity index (χ0v) is 10.9. The molecule has 0 saturated heterocycles. The average Bonchev–Trinajstić information content (AvgIpc) is 2.75. The second kappa shape index (κ2) is 6.13. The molecule has 7 nitrogen and oxygen atoms in total. The predicted octanol–water partition coefficient (Wildman–Crippen LogP) is 0.686. The van der Waals surface area contributed by atoms with Crippen LogP contribution in [0.25, 0.3) is 0 Å². The summed E-state index contributed by atoms with van der Waals surface area (Å²) in [5, 5.41) is 11.5. The van der Waals surface area contributed by atoms with Gasteiger partial charge in [-0.3, -0.25) is 14.9 Å². The van der Waals surface area contributed by atoms with Crippen molar-refractivity contribution >= 4 is 17.8 Å². The number of nitrogens with zero attached hydrogens (tertiary/aromatic N) is 2. The number of aromatic nitrogens is 3. The highest BCUT2D eigenvalue weighted by Crippen LogP contribution is 2.12. The quantitative estimate of drug-likeness (QED) is 0.672. The largest absolute Gasteiger partial charge is 0.356 e. The molecule has 0 radical (unpaired) electrons. The summed E-state index contributed by atoms with van der Waals surface area (Å²) in [4.78, 5) is 26.7. The van der Waals surface area contributed by atoms with E-state index in [9.17, 15) is 9.59 Å². The number of amides is 2. The fourth-order valence-corrected chi connectivity index (χ4v) is 1.18. The van der Waals surface area contributed by atoms with E-state index in [2.05, 4.69) is 25.8 Å². The van der Waals surface area contributed by atoms with E-state index in [1.54, 1.807) is 0 Å². The van der Waals surface area contributed by atoms with Crippen LogP contribution in [0.4, 0.5) is 5.95 Å². The molecule has 1 aromatic rings. The molecule has 0 aromatic carbocycles. The minimum Gasteiger partial charge on any atom is -0.356 e. The molecule has 7 heteroatoms. The Kier molecular flexibility index (Phi) is 4.82. The lowest BCUT2D eigenvalue weighted by atomic mass is 9.96. The van der Waals surface area contributed by atoms with Gasteiger partial charge >= 0.3 is 0 Å². The first-order valence-electron chi connectivity index (χ1n) is 5.83. The number of carbonyl (C=O) groups excluding carboxylic acids is 2. The van der Waals surface area contributed by atoms with Crippen molar-refractivity contribution in [1.82, 2.24) is 20.5 Å². The van der Waals surface area contributed by atoms with Crippen molar-refractivity contribution in [3.05, 3.63) is 6.33 Å². The molecule has 1 aromatic heterocycles. The first-order chi connectivity index (χ1) is 8.39. The Morgan fingerprint density at radius 2 is 2.11 bits per heavy atom. The molecule has 0 aliphatic heterocycles. The van der Waals surface area contributed by atoms with Gasteiger partial charge in [0.1, 0.15) is 6.33 Å². The molecular formula is C11H19N5O2. The van der Waals surface area contributed by atoms with Crippen LogP contribution in [-0.2, 0) is 9.59 Å². The third-order valence-electron chi connectivity index (χ3n) is 2.22. The molecule has 0 spiro atoms. The van der Waals surface area contributed by atoms with Gasteiger partial charge in [-0.15, -0.1) is 0 Å². The SMILES string of the molecule is CC(C)(C)C(=O)NCCCC(=O)Nc1ncn[nH]1. The predicted molar refractivity (Wildman–Crippen MR) is 66.7 cm³/mol. The number of hydrogen-bond acceptors (Lipinski definition) is 4. The molecule has 0 atom stereocenters. The Labute approximate surface area is 106 Å². The van der Waals surface area contributed by atoms with E-state index in [1.165, 1.54) is 6.33 Å². The van der Waals surface area contributed by atoms with Crippen molar-refractivity contribution in [2.45, 2.75) is 33.6 Å². The number of anilines is 1. The molecule has 0 unspecified atom stereocenters. The van der Waals surface area contributed by atoms with Gasteiger partial charge in [-0.2, -0.15) is 10.1 Å². The molecule has 0 aliphatic carbocycles. The lowest BCUT2D eigenvalue weighted by Crippen LogP contribution is -2.35. The highest BCUT2D eigenvalue weighted by Gasteiger charge is 2.20. The normalized spacial score (nSPS) is 11.1. The molecule has 0 aliphatic rings. The summed E-state index contributed by atoms with van der Waals surface area (Å²) in [6.45, 7) is 6.02. The summed E-state index contributed by atoms with van der Waals surface area (Å²) >= 11 is 0. The Balaban J connectivity index is 2.15. The van der Waals surface area contributed by atoms with E-state index < -0.39 is 5.41 Å². The second-order valence-corrected chi connectivity index (χ2v) is 4.99. The second-order valence-electron chi connectivity index (χ2n) is 4.99. The van der Waals surface area contributed by atoms with Crippen LogP contribution in [0.15, 0.2) is 6.33 Å². The van der Waals surface area contributed by atoms with Crippen LogP contribution in [0, 0.1) is 5.41 Å². The molecular weight excluding hydrogens is 234 g/mol. The number of aromatic amines is 1. The third-order valence-corrected chi connectivity index (χ3v) is 2.22. The Morgan fingerprint density at radius 1 is 1.39 bits per heavy atom. The van der Waals surface area contributed by atoms with Gasteiger partial charge in [0, 0.05) is 18.4 Å². The number of hydrogen-bond donors (Lipinski definition) is 3. The number of H-pyrrole nitrogens is 1. The van der Waals surface area contributed by atoms with Crippen molar-refractivity contribution in [3.8, 4) is 0 Å². The molecule has 1 rings (SSSR count). The van der Waals surface area contributed by atoms with Crippen LogP contribution < -0.4 is 10.6 Å². The average molecular weight is 253 g/mol. The fraction of sp³-hybridized carbons (Fsp3) is 0.636. The number of rotatable bonds is 5. The highest BCUT2D eigenvalue weighted by atomic mass is 16.2. The van der Waals surface area contributed by atoms with E-state index in [1.807, 2.05) is 20.8 Å². The standard InChI is InChI=1S/C11H19N5O2/c1-11(2,3)9(18)12-6-4-5-8(17)15-10-13-7-14-16-10/h7H,4-6H2,1-3H3,(H,12,18)(H2,13,14,15,16,17). The summed E-state index contributed by atoms with van der Waals surface area (Å²) in [6.07, 6.45) is 2.23. The monoisotopic (exact) mass is 253 g/mol. The highest BCUT2D eigenvalue weighted by molar-refractivity contribution is 5.88. The van der Waals surface area contributed by atoms with E-state index >= 15 is 0 Å². The third kappa shape index (κ3) is 4.94. The summed E-state index contributed by atoms with van der Waals surface area (Å²) in [6, 6.07) is 0. The summed E-state index contributed by atoms with van der Waals surface area (Å²) < 4.78 is 0. The van der Waals surface area contributed by atoms with Crippen molar-refractivity contribution in [1.29, 1.82) is 0 Å². The van der Waals surface area contributed by atoms with Crippen LogP contribution in [-0.4, -0.2) is 33.5 Å². The van der Waals surface area contributed by atoms with Crippen molar-refractivity contribution < 1.29 is 9.59 Å². The molecule has 18 heavy (non-hydrogen) atoms. The summed E-state index contributed by atoms with van der Waals surface area (Å²) in [7, 11) is 0. The summed E-state index contributed by atoms with van der Waals surface area (Å²) in [5.74, 6) is 0.161. The minimum atomic E-state index is -0.401. The zero-order valence-electron chi connectivity index (χ0n) is 10.9. The van der Waals surface area contributed by atoms with Gasteiger partial charge in [0.15, 0.2) is 0 Å². The number of carbonyl (C=O) groups is 2. The molecule has 1 heterocycles. The molecule has 2 amide bonds. The van der Waals surface area contributed by atoms with Crippen molar-refractivity contribution in [2.24, 2.45) is 5.41 Å². The van der Waals surface area contributed by atoms with Crippen LogP contribution >= 0.6 is 0 Å². The fourth-order valence-electron chi connectivity index (χ4n) is 1.18. The van der Waals surface area contributed by atoms with Gasteiger partial charge in [0.2, 0.25) is 17.8 Å². The molecule has 3 N–H and O–H groups in total. The topological polar surface area (TPSA) is 99.8 Å². The molecule has 0 bridgehead atoms. The van der Waals surface area contributed by atoms with Crippen molar-refractivity contribution in [3.63, 3.8) is 0 Å². The Bertz CT molecular complexity index is 394. The van der Waals surface area contributed by atoms with Gasteiger partial charge in [-0.05, 0) is 6.42 Å². The van der Waals surface area contributed by atoms with Crippen LogP contribution in [0.2, 0.25) is 0 Å². The Hall–Kier alpha value is -1.92. The summed E-state index contributed by atoms with van der Waals surface area (Å²) in [5.41, 5.74) is -0.401. The van der Waals surface area contributed by atoms with Crippen LogP contribution in [0.1, 0.15) is 33.6 Å². The molecule has 0 saturated carbocycles. The van der Waals surface area contributed by atoms with E-state index in [0.717, 1.165) is 0 Å². The van der Waals surface area contributed by atoms with Crippen molar-refractivity contribution in [2.75, 3.05) is 11.9 Å². The van der Waals surface area contributed by atoms with Crippen LogP contribution in [0.5, 0.6) is 0 Å². The lowest BCUT2D eigenvalue weighted by molar-refractivity contribution is -0.128. The lowest BCUT2D eigenvalue weighted by Gasteiger charge is -2.17. The smallest absolute Gasteiger partial charge is 0.226 e. The van der Waals surface area contributed by atoms with Gasteiger partial charge in [-0.25, -0.2) is 5.10 Å². The Morgan fingerprint density at radius 3 is 2.67 bits per heavy atom. The van der Waals surface area contributed by atoms with Gasteiger partial charge in [0.25, 0.3) is 0 Å². The minimum absolute atomic E-state index is 0.0156. The van der Waals surface area contributed by atoms with E-state index in [0.29, 0.717) is 25.3 Å².